The molecule has 2 aromatic rings. The van der Waals surface area contributed by atoms with Crippen LogP contribution in [-0.2, 0) is 16.0 Å². The summed E-state index contributed by atoms with van der Waals surface area (Å²) in [6, 6.07) is 15.6. The molecule has 0 N–H and O–H groups in total. The summed E-state index contributed by atoms with van der Waals surface area (Å²) in [6.45, 7) is 13.0. The van der Waals surface area contributed by atoms with Gasteiger partial charge in [0, 0.05) is 69.9 Å². The van der Waals surface area contributed by atoms with Crippen molar-refractivity contribution >= 4 is 12.0 Å². The summed E-state index contributed by atoms with van der Waals surface area (Å²) >= 11 is 0. The van der Waals surface area contributed by atoms with E-state index in [-0.39, 0.29) is 30.0 Å². The van der Waals surface area contributed by atoms with Gasteiger partial charge >= 0.3 is 6.09 Å². The molecule has 1 heterocycles. The molecule has 1 saturated heterocycles. The van der Waals surface area contributed by atoms with Crippen molar-refractivity contribution in [2.24, 2.45) is 5.92 Å². The van der Waals surface area contributed by atoms with Gasteiger partial charge in [-0.3, -0.25) is 9.69 Å². The second-order valence-corrected chi connectivity index (χ2v) is 12.2. The van der Waals surface area contributed by atoms with Crippen LogP contribution < -0.4 is 9.47 Å². The SMILES string of the molecule is COCCCOc1cc(C(=O)N(CC2CN(C(=O)OC(C)(C)C)CC2N(C)Cc2ccccc2)C(C)C)ccc1OC. The van der Waals surface area contributed by atoms with Crippen LogP contribution in [0.15, 0.2) is 48.5 Å². The van der Waals surface area contributed by atoms with E-state index in [0.29, 0.717) is 49.9 Å². The largest absolute Gasteiger partial charge is 0.493 e. The van der Waals surface area contributed by atoms with E-state index in [1.54, 1.807) is 37.3 Å². The van der Waals surface area contributed by atoms with Gasteiger partial charge in [-0.15, -0.1) is 0 Å². The lowest BCUT2D eigenvalue weighted by Gasteiger charge is -2.34. The minimum absolute atomic E-state index is 0.0283. The normalized spacial score (nSPS) is 17.0. The fraction of sp³-hybridized carbons (Fsp3) is 0.576. The van der Waals surface area contributed by atoms with E-state index in [1.165, 1.54) is 5.56 Å². The molecule has 2 aromatic carbocycles. The van der Waals surface area contributed by atoms with Crippen molar-refractivity contribution < 1.29 is 28.5 Å². The zero-order valence-corrected chi connectivity index (χ0v) is 26.6. The summed E-state index contributed by atoms with van der Waals surface area (Å²) in [6.07, 6.45) is 0.403. The lowest BCUT2D eigenvalue weighted by atomic mass is 9.99. The molecule has 42 heavy (non-hydrogen) atoms. The number of carbonyl (C=O) groups is 2. The number of nitrogens with zero attached hydrogens (tertiary/aromatic N) is 3. The van der Waals surface area contributed by atoms with E-state index in [9.17, 15) is 9.59 Å². The predicted molar refractivity (Wildman–Crippen MR) is 164 cm³/mol. The number of benzene rings is 2. The average molecular weight is 584 g/mol. The van der Waals surface area contributed by atoms with Crippen molar-refractivity contribution in [1.82, 2.24) is 14.7 Å². The second kappa shape index (κ2) is 15.3. The molecule has 1 aliphatic rings. The first kappa shape index (κ1) is 33.2. The maximum absolute atomic E-state index is 14.0. The lowest BCUT2D eigenvalue weighted by molar-refractivity contribution is 0.0278. The van der Waals surface area contributed by atoms with Gasteiger partial charge in [0.1, 0.15) is 5.60 Å². The molecule has 0 saturated carbocycles. The van der Waals surface area contributed by atoms with Gasteiger partial charge in [0.15, 0.2) is 11.5 Å². The Morgan fingerprint density at radius 1 is 1.00 bits per heavy atom. The second-order valence-electron chi connectivity index (χ2n) is 12.2. The highest BCUT2D eigenvalue weighted by molar-refractivity contribution is 5.95. The van der Waals surface area contributed by atoms with Crippen LogP contribution in [0.1, 0.15) is 57.0 Å². The van der Waals surface area contributed by atoms with E-state index >= 15 is 0 Å². The van der Waals surface area contributed by atoms with Crippen LogP contribution in [0.5, 0.6) is 11.5 Å². The number of methoxy groups -OCH3 is 2. The Hall–Kier alpha value is -3.30. The molecular formula is C33H49N3O6. The van der Waals surface area contributed by atoms with Crippen LogP contribution in [-0.4, -0.2) is 98.5 Å². The first-order chi connectivity index (χ1) is 19.9. The molecule has 2 atom stereocenters. The molecule has 2 unspecified atom stereocenters. The van der Waals surface area contributed by atoms with Crippen LogP contribution in [0, 0.1) is 5.92 Å². The van der Waals surface area contributed by atoms with Crippen molar-refractivity contribution in [1.29, 1.82) is 0 Å². The third-order valence-corrected chi connectivity index (χ3v) is 7.38. The number of likely N-dealkylation sites (N-methyl/N-ethyl adjacent to an activating group) is 1. The molecule has 3 rings (SSSR count). The molecule has 1 aliphatic heterocycles. The Kier molecular flexibility index (Phi) is 12.1. The van der Waals surface area contributed by atoms with E-state index in [1.807, 2.05) is 57.7 Å². The maximum atomic E-state index is 14.0. The Morgan fingerprint density at radius 3 is 2.33 bits per heavy atom. The molecule has 0 radical (unpaired) electrons. The van der Waals surface area contributed by atoms with Crippen molar-refractivity contribution in [2.75, 3.05) is 54.1 Å². The van der Waals surface area contributed by atoms with Crippen molar-refractivity contribution in [3.63, 3.8) is 0 Å². The van der Waals surface area contributed by atoms with Gasteiger partial charge in [-0.2, -0.15) is 0 Å². The zero-order valence-electron chi connectivity index (χ0n) is 26.6. The quantitative estimate of drug-likeness (QED) is 0.295. The molecule has 0 bridgehead atoms. The summed E-state index contributed by atoms with van der Waals surface area (Å²) in [5, 5.41) is 0. The monoisotopic (exact) mass is 583 g/mol. The highest BCUT2D eigenvalue weighted by atomic mass is 16.6. The van der Waals surface area contributed by atoms with Gasteiger partial charge in [-0.1, -0.05) is 30.3 Å². The first-order valence-corrected chi connectivity index (χ1v) is 14.8. The summed E-state index contributed by atoms with van der Waals surface area (Å²) in [4.78, 5) is 33.0. The van der Waals surface area contributed by atoms with Crippen molar-refractivity contribution in [2.45, 2.75) is 65.3 Å². The van der Waals surface area contributed by atoms with Gasteiger partial charge in [-0.05, 0) is 65.4 Å². The number of ether oxygens (including phenoxy) is 4. The third-order valence-electron chi connectivity index (χ3n) is 7.38. The molecule has 9 nitrogen and oxygen atoms in total. The molecule has 9 heteroatoms. The van der Waals surface area contributed by atoms with E-state index in [4.69, 9.17) is 18.9 Å². The summed E-state index contributed by atoms with van der Waals surface area (Å²) in [5.74, 6) is 1.04. The molecule has 232 valence electrons. The van der Waals surface area contributed by atoms with Crippen LogP contribution in [0.25, 0.3) is 0 Å². The van der Waals surface area contributed by atoms with Gasteiger partial charge < -0.3 is 28.7 Å². The smallest absolute Gasteiger partial charge is 0.410 e. The van der Waals surface area contributed by atoms with Gasteiger partial charge in [0.25, 0.3) is 5.91 Å². The maximum Gasteiger partial charge on any atom is 0.410 e. The minimum Gasteiger partial charge on any atom is -0.493 e. The summed E-state index contributed by atoms with van der Waals surface area (Å²) < 4.78 is 22.3. The Balaban J connectivity index is 1.83. The van der Waals surface area contributed by atoms with Crippen LogP contribution in [0.2, 0.25) is 0 Å². The van der Waals surface area contributed by atoms with Crippen LogP contribution in [0.4, 0.5) is 4.79 Å². The highest BCUT2D eigenvalue weighted by Crippen LogP contribution is 2.31. The van der Waals surface area contributed by atoms with E-state index < -0.39 is 5.60 Å². The third kappa shape index (κ3) is 9.36. The Labute approximate surface area is 251 Å². The standard InChI is InChI=1S/C33H49N3O6/c1-24(2)36(31(37)26-15-16-29(40-8)30(19-26)41-18-12-17-39-7)22-27-21-35(32(38)42-33(3,4)5)23-28(27)34(6)20-25-13-10-9-11-14-25/h9-11,13-16,19,24,27-28H,12,17-18,20-23H2,1-8H3. The summed E-state index contributed by atoms with van der Waals surface area (Å²) in [5.41, 5.74) is 1.14. The van der Waals surface area contributed by atoms with Gasteiger partial charge in [0.05, 0.1) is 13.7 Å². The topological polar surface area (TPSA) is 80.8 Å². The van der Waals surface area contributed by atoms with Gasteiger partial charge in [0.2, 0.25) is 0 Å². The van der Waals surface area contributed by atoms with Gasteiger partial charge in [-0.25, -0.2) is 4.79 Å². The van der Waals surface area contributed by atoms with Crippen molar-refractivity contribution in [3.8, 4) is 11.5 Å². The number of hydrogen-bond acceptors (Lipinski definition) is 7. The number of amides is 2. The first-order valence-electron chi connectivity index (χ1n) is 14.8. The average Bonchev–Trinajstić information content (AvgIpc) is 3.37. The summed E-state index contributed by atoms with van der Waals surface area (Å²) in [7, 11) is 5.32. The minimum atomic E-state index is -0.585. The molecule has 0 aliphatic carbocycles. The zero-order chi connectivity index (χ0) is 30.9. The molecule has 2 amide bonds. The van der Waals surface area contributed by atoms with Crippen LogP contribution in [0.3, 0.4) is 0 Å². The number of carbonyl (C=O) groups excluding carboxylic acids is 2. The number of rotatable bonds is 13. The predicted octanol–water partition coefficient (Wildman–Crippen LogP) is 5.33. The number of likely N-dealkylation sites (tertiary alicyclic amines) is 1. The fourth-order valence-corrected chi connectivity index (χ4v) is 5.25. The van der Waals surface area contributed by atoms with E-state index in [2.05, 4.69) is 24.1 Å². The van der Waals surface area contributed by atoms with Crippen molar-refractivity contribution in [3.05, 3.63) is 59.7 Å². The lowest BCUT2D eigenvalue weighted by Crippen LogP contribution is -2.46. The van der Waals surface area contributed by atoms with Crippen LogP contribution >= 0.6 is 0 Å². The molecular weight excluding hydrogens is 534 g/mol. The molecule has 0 spiro atoms. The number of hydrogen-bond donors (Lipinski definition) is 0. The Bertz CT molecular complexity index is 1150. The van der Waals surface area contributed by atoms with E-state index in [0.717, 1.165) is 13.0 Å². The highest BCUT2D eigenvalue weighted by Gasteiger charge is 2.41. The fourth-order valence-electron chi connectivity index (χ4n) is 5.25. The molecule has 1 fully saturated rings. The molecule has 0 aromatic heterocycles. The Morgan fingerprint density at radius 2 is 1.71 bits per heavy atom.